The molecule has 4 nitrogen and oxygen atoms in total. The van der Waals surface area contributed by atoms with E-state index in [-0.39, 0.29) is 5.69 Å². The lowest BCUT2D eigenvalue weighted by Crippen LogP contribution is -2.14. The van der Waals surface area contributed by atoms with Crippen LogP contribution in [0.3, 0.4) is 0 Å². The topological polar surface area (TPSA) is 63.1 Å². The number of aliphatic hydroxyl groups excluding tert-OH is 1. The molecule has 0 aromatic carbocycles. The molecular formula is C12H10N2O2. The van der Waals surface area contributed by atoms with Gasteiger partial charge in [-0.15, -0.1) is 0 Å². The van der Waals surface area contributed by atoms with E-state index in [1.165, 1.54) is 12.4 Å². The summed E-state index contributed by atoms with van der Waals surface area (Å²) in [5, 5.41) is 9.79. The standard InChI is InChI=1S/C12H10N2O2/c15-11(9-5-1-3-7-13-9)12(16)10-6-2-4-8-14-10/h1-8,11,15H/t11-/m1/s1. The monoisotopic (exact) mass is 214 g/mol. The van der Waals surface area contributed by atoms with Crippen LogP contribution in [0.5, 0.6) is 0 Å². The highest BCUT2D eigenvalue weighted by Crippen LogP contribution is 2.14. The molecule has 80 valence electrons. The van der Waals surface area contributed by atoms with Gasteiger partial charge in [0.15, 0.2) is 6.10 Å². The molecule has 2 aromatic rings. The minimum Gasteiger partial charge on any atom is -0.378 e. The number of nitrogens with zero attached hydrogens (tertiary/aromatic N) is 2. The number of pyridine rings is 2. The van der Waals surface area contributed by atoms with E-state index < -0.39 is 11.9 Å². The van der Waals surface area contributed by atoms with Gasteiger partial charge < -0.3 is 5.11 Å². The fourth-order valence-electron chi connectivity index (χ4n) is 1.32. The Morgan fingerprint density at radius 2 is 1.75 bits per heavy atom. The zero-order valence-electron chi connectivity index (χ0n) is 8.45. The van der Waals surface area contributed by atoms with Crippen LogP contribution in [0.4, 0.5) is 0 Å². The minimum atomic E-state index is -1.25. The molecule has 0 aliphatic carbocycles. The van der Waals surface area contributed by atoms with Crippen LogP contribution < -0.4 is 0 Å². The lowest BCUT2D eigenvalue weighted by molar-refractivity contribution is 0.0734. The first-order chi connectivity index (χ1) is 7.79. The molecule has 0 spiro atoms. The van der Waals surface area contributed by atoms with E-state index in [1.54, 1.807) is 36.4 Å². The molecule has 2 heterocycles. The first kappa shape index (κ1) is 10.4. The molecule has 0 fully saturated rings. The third-order valence-electron chi connectivity index (χ3n) is 2.13. The summed E-state index contributed by atoms with van der Waals surface area (Å²) < 4.78 is 0. The normalized spacial score (nSPS) is 12.1. The van der Waals surface area contributed by atoms with Gasteiger partial charge in [-0.2, -0.15) is 0 Å². The first-order valence-electron chi connectivity index (χ1n) is 4.83. The summed E-state index contributed by atoms with van der Waals surface area (Å²) in [6.07, 6.45) is 1.79. The Bertz CT molecular complexity index is 471. The van der Waals surface area contributed by atoms with E-state index in [2.05, 4.69) is 9.97 Å². The Labute approximate surface area is 92.6 Å². The van der Waals surface area contributed by atoms with Gasteiger partial charge in [-0.3, -0.25) is 14.8 Å². The smallest absolute Gasteiger partial charge is 0.215 e. The number of ketones is 1. The van der Waals surface area contributed by atoms with Crippen LogP contribution in [0.1, 0.15) is 22.3 Å². The summed E-state index contributed by atoms with van der Waals surface area (Å²) in [7, 11) is 0. The van der Waals surface area contributed by atoms with Crippen molar-refractivity contribution in [2.24, 2.45) is 0 Å². The second-order valence-electron chi connectivity index (χ2n) is 3.24. The number of carbonyl (C=O) groups excluding carboxylic acids is 1. The lowest BCUT2D eigenvalue weighted by Gasteiger charge is -2.07. The first-order valence-corrected chi connectivity index (χ1v) is 4.83. The number of aromatic nitrogens is 2. The van der Waals surface area contributed by atoms with E-state index in [1.807, 2.05) is 0 Å². The van der Waals surface area contributed by atoms with Gasteiger partial charge in [-0.1, -0.05) is 12.1 Å². The van der Waals surface area contributed by atoms with Gasteiger partial charge in [-0.05, 0) is 24.3 Å². The second kappa shape index (κ2) is 4.63. The highest BCUT2D eigenvalue weighted by atomic mass is 16.3. The quantitative estimate of drug-likeness (QED) is 0.784. The molecule has 0 saturated heterocycles. The average molecular weight is 214 g/mol. The molecule has 0 aliphatic heterocycles. The Balaban J connectivity index is 2.24. The molecule has 1 atom stereocenters. The molecule has 1 N–H and O–H groups in total. The Hall–Kier alpha value is -2.07. The predicted octanol–water partition coefficient (Wildman–Crippen LogP) is 1.39. The van der Waals surface area contributed by atoms with Crippen molar-refractivity contribution in [3.63, 3.8) is 0 Å². The highest BCUT2D eigenvalue weighted by Gasteiger charge is 2.20. The fraction of sp³-hybridized carbons (Fsp3) is 0.0833. The SMILES string of the molecule is O=C(c1ccccn1)[C@H](O)c1ccccn1. The molecule has 0 unspecified atom stereocenters. The number of aliphatic hydroxyl groups is 1. The molecule has 4 heteroatoms. The van der Waals surface area contributed by atoms with Gasteiger partial charge in [0, 0.05) is 12.4 Å². The number of hydrogen-bond acceptors (Lipinski definition) is 4. The molecule has 0 aliphatic rings. The van der Waals surface area contributed by atoms with Crippen molar-refractivity contribution in [1.82, 2.24) is 9.97 Å². The summed E-state index contributed by atoms with van der Waals surface area (Å²) in [4.78, 5) is 19.6. The van der Waals surface area contributed by atoms with E-state index >= 15 is 0 Å². The lowest BCUT2D eigenvalue weighted by atomic mass is 10.1. The van der Waals surface area contributed by atoms with E-state index in [4.69, 9.17) is 0 Å². The fourth-order valence-corrected chi connectivity index (χ4v) is 1.32. The predicted molar refractivity (Wildman–Crippen MR) is 57.8 cm³/mol. The molecule has 0 bridgehead atoms. The summed E-state index contributed by atoms with van der Waals surface area (Å²) in [5.74, 6) is -0.445. The minimum absolute atomic E-state index is 0.237. The van der Waals surface area contributed by atoms with Gasteiger partial charge in [0.2, 0.25) is 5.78 Å². The van der Waals surface area contributed by atoms with E-state index in [9.17, 15) is 9.90 Å². The molecule has 0 saturated carbocycles. The maximum Gasteiger partial charge on any atom is 0.215 e. The van der Waals surface area contributed by atoms with Crippen LogP contribution in [0.2, 0.25) is 0 Å². The van der Waals surface area contributed by atoms with Crippen molar-refractivity contribution in [2.45, 2.75) is 6.10 Å². The molecule has 2 rings (SSSR count). The zero-order chi connectivity index (χ0) is 11.4. The molecule has 0 amide bonds. The van der Waals surface area contributed by atoms with Crippen molar-refractivity contribution in [2.75, 3.05) is 0 Å². The number of hydrogen-bond donors (Lipinski definition) is 1. The summed E-state index contributed by atoms with van der Waals surface area (Å²) in [6, 6.07) is 10.0. The van der Waals surface area contributed by atoms with Crippen molar-refractivity contribution < 1.29 is 9.90 Å². The van der Waals surface area contributed by atoms with Crippen LogP contribution in [0.25, 0.3) is 0 Å². The van der Waals surface area contributed by atoms with Crippen molar-refractivity contribution in [3.05, 3.63) is 60.2 Å². The van der Waals surface area contributed by atoms with Gasteiger partial charge in [-0.25, -0.2) is 0 Å². The number of carbonyl (C=O) groups is 1. The van der Waals surface area contributed by atoms with Gasteiger partial charge in [0.05, 0.1) is 5.69 Å². The third-order valence-corrected chi connectivity index (χ3v) is 2.13. The maximum atomic E-state index is 11.8. The highest BCUT2D eigenvalue weighted by molar-refractivity contribution is 5.97. The van der Waals surface area contributed by atoms with Crippen LogP contribution in [0.15, 0.2) is 48.8 Å². The number of Topliss-reactive ketones (excluding diaryl/α,β-unsaturated/α-hetero) is 1. The number of rotatable bonds is 3. The second-order valence-corrected chi connectivity index (χ2v) is 3.24. The largest absolute Gasteiger partial charge is 0.378 e. The molecular weight excluding hydrogens is 204 g/mol. The van der Waals surface area contributed by atoms with Crippen molar-refractivity contribution in [3.8, 4) is 0 Å². The zero-order valence-corrected chi connectivity index (χ0v) is 8.45. The molecule has 0 radical (unpaired) electrons. The van der Waals surface area contributed by atoms with Crippen molar-refractivity contribution in [1.29, 1.82) is 0 Å². The van der Waals surface area contributed by atoms with Crippen LogP contribution in [0, 0.1) is 0 Å². The summed E-state index contributed by atoms with van der Waals surface area (Å²) in [5.41, 5.74) is 0.568. The van der Waals surface area contributed by atoms with Gasteiger partial charge in [0.1, 0.15) is 5.69 Å². The maximum absolute atomic E-state index is 11.8. The van der Waals surface area contributed by atoms with E-state index in [0.29, 0.717) is 5.69 Å². The molecule has 16 heavy (non-hydrogen) atoms. The van der Waals surface area contributed by atoms with Crippen LogP contribution in [-0.2, 0) is 0 Å². The molecule has 2 aromatic heterocycles. The van der Waals surface area contributed by atoms with Gasteiger partial charge in [0.25, 0.3) is 0 Å². The summed E-state index contributed by atoms with van der Waals surface area (Å²) in [6.45, 7) is 0. The van der Waals surface area contributed by atoms with Crippen molar-refractivity contribution >= 4 is 5.78 Å². The summed E-state index contributed by atoms with van der Waals surface area (Å²) >= 11 is 0. The van der Waals surface area contributed by atoms with Crippen LogP contribution >= 0.6 is 0 Å². The Kier molecular flexibility index (Phi) is 3.03. The third kappa shape index (κ3) is 2.12. The van der Waals surface area contributed by atoms with E-state index in [0.717, 1.165) is 0 Å². The average Bonchev–Trinajstić information content (AvgIpc) is 2.39. The Morgan fingerprint density at radius 1 is 1.06 bits per heavy atom. The Morgan fingerprint density at radius 3 is 2.31 bits per heavy atom. The van der Waals surface area contributed by atoms with Crippen LogP contribution in [-0.4, -0.2) is 20.9 Å². The van der Waals surface area contributed by atoms with Gasteiger partial charge >= 0.3 is 0 Å².